The van der Waals surface area contributed by atoms with Gasteiger partial charge in [-0.25, -0.2) is 9.18 Å². The number of anilines is 1. The minimum Gasteiger partial charge on any atom is -0.478 e. The topological polar surface area (TPSA) is 66.4 Å². The highest BCUT2D eigenvalue weighted by Crippen LogP contribution is 2.16. The van der Waals surface area contributed by atoms with Gasteiger partial charge in [-0.15, -0.1) is 0 Å². The number of carboxylic acids is 1. The zero-order chi connectivity index (χ0) is 16.1. The van der Waals surface area contributed by atoms with Crippen LogP contribution in [0.4, 0.5) is 10.1 Å². The summed E-state index contributed by atoms with van der Waals surface area (Å²) in [6.45, 7) is 1.70. The Kier molecular flexibility index (Phi) is 4.88. The van der Waals surface area contributed by atoms with E-state index in [4.69, 9.17) is 5.11 Å². The Bertz CT molecular complexity index is 700. The SMILES string of the molecule is CC(Cc1ccccc1F)C(=O)Nc1cccc(C(=O)O)c1. The maximum Gasteiger partial charge on any atom is 0.335 e. The van der Waals surface area contributed by atoms with Gasteiger partial charge in [-0.3, -0.25) is 4.79 Å². The molecule has 22 heavy (non-hydrogen) atoms. The highest BCUT2D eigenvalue weighted by Gasteiger charge is 2.16. The molecule has 0 aliphatic rings. The van der Waals surface area contributed by atoms with Crippen LogP contribution in [0.15, 0.2) is 48.5 Å². The van der Waals surface area contributed by atoms with Crippen molar-refractivity contribution in [2.24, 2.45) is 5.92 Å². The van der Waals surface area contributed by atoms with Gasteiger partial charge in [0.15, 0.2) is 0 Å². The van der Waals surface area contributed by atoms with E-state index >= 15 is 0 Å². The molecule has 114 valence electrons. The number of amides is 1. The van der Waals surface area contributed by atoms with E-state index in [1.165, 1.54) is 18.2 Å². The summed E-state index contributed by atoms with van der Waals surface area (Å²) < 4.78 is 13.6. The van der Waals surface area contributed by atoms with E-state index in [0.717, 1.165) is 0 Å². The van der Waals surface area contributed by atoms with Crippen molar-refractivity contribution in [2.75, 3.05) is 5.32 Å². The van der Waals surface area contributed by atoms with Gasteiger partial charge in [0.1, 0.15) is 5.82 Å². The smallest absolute Gasteiger partial charge is 0.335 e. The van der Waals surface area contributed by atoms with Crippen molar-refractivity contribution in [1.82, 2.24) is 0 Å². The number of carbonyl (C=O) groups is 2. The lowest BCUT2D eigenvalue weighted by molar-refractivity contribution is -0.119. The highest BCUT2D eigenvalue weighted by atomic mass is 19.1. The largest absolute Gasteiger partial charge is 0.478 e. The van der Waals surface area contributed by atoms with Crippen LogP contribution in [0.1, 0.15) is 22.8 Å². The van der Waals surface area contributed by atoms with Gasteiger partial charge < -0.3 is 10.4 Å². The van der Waals surface area contributed by atoms with Crippen LogP contribution in [-0.4, -0.2) is 17.0 Å². The van der Waals surface area contributed by atoms with E-state index in [0.29, 0.717) is 11.3 Å². The fourth-order valence-corrected chi connectivity index (χ4v) is 2.08. The van der Waals surface area contributed by atoms with Crippen LogP contribution in [0.3, 0.4) is 0 Å². The Balaban J connectivity index is 2.04. The Labute approximate surface area is 127 Å². The van der Waals surface area contributed by atoms with Gasteiger partial charge in [-0.05, 0) is 36.2 Å². The number of halogens is 1. The van der Waals surface area contributed by atoms with E-state index in [1.807, 2.05) is 0 Å². The lowest BCUT2D eigenvalue weighted by Crippen LogP contribution is -2.22. The van der Waals surface area contributed by atoms with Crippen molar-refractivity contribution in [3.63, 3.8) is 0 Å². The number of nitrogens with one attached hydrogen (secondary N) is 1. The van der Waals surface area contributed by atoms with Crippen molar-refractivity contribution in [1.29, 1.82) is 0 Å². The van der Waals surface area contributed by atoms with E-state index < -0.39 is 11.9 Å². The summed E-state index contributed by atoms with van der Waals surface area (Å²) in [5, 5.41) is 11.6. The first-order valence-electron chi connectivity index (χ1n) is 6.85. The number of hydrogen-bond donors (Lipinski definition) is 2. The van der Waals surface area contributed by atoms with Gasteiger partial charge in [0.25, 0.3) is 0 Å². The number of carboxylic acid groups (broad SMARTS) is 1. The zero-order valence-electron chi connectivity index (χ0n) is 12.0. The van der Waals surface area contributed by atoms with E-state index in [9.17, 15) is 14.0 Å². The predicted octanol–water partition coefficient (Wildman–Crippen LogP) is 3.34. The number of carbonyl (C=O) groups excluding carboxylic acids is 1. The van der Waals surface area contributed by atoms with Crippen LogP contribution in [0.2, 0.25) is 0 Å². The molecule has 0 radical (unpaired) electrons. The molecule has 0 heterocycles. The first kappa shape index (κ1) is 15.7. The highest BCUT2D eigenvalue weighted by molar-refractivity contribution is 5.94. The molecule has 2 rings (SSSR count). The molecule has 0 bridgehead atoms. The monoisotopic (exact) mass is 301 g/mol. The average molecular weight is 301 g/mol. The molecule has 1 unspecified atom stereocenters. The van der Waals surface area contributed by atoms with Gasteiger partial charge >= 0.3 is 5.97 Å². The molecular formula is C17H16FNO3. The molecule has 4 nitrogen and oxygen atoms in total. The Morgan fingerprint density at radius 2 is 1.91 bits per heavy atom. The molecule has 0 fully saturated rings. The summed E-state index contributed by atoms with van der Waals surface area (Å²) in [6.07, 6.45) is 0.275. The van der Waals surface area contributed by atoms with Crippen molar-refractivity contribution >= 4 is 17.6 Å². The summed E-state index contributed by atoms with van der Waals surface area (Å²) in [6, 6.07) is 12.3. The van der Waals surface area contributed by atoms with Crippen molar-refractivity contribution < 1.29 is 19.1 Å². The third kappa shape index (κ3) is 3.91. The molecule has 0 aliphatic carbocycles. The van der Waals surface area contributed by atoms with Crippen LogP contribution < -0.4 is 5.32 Å². The average Bonchev–Trinajstić information content (AvgIpc) is 2.49. The number of benzene rings is 2. The first-order valence-corrected chi connectivity index (χ1v) is 6.85. The van der Waals surface area contributed by atoms with Crippen LogP contribution in [-0.2, 0) is 11.2 Å². The molecule has 0 aliphatic heterocycles. The first-order chi connectivity index (χ1) is 10.5. The van der Waals surface area contributed by atoms with Gasteiger partial charge in [0, 0.05) is 11.6 Å². The fraction of sp³-hybridized carbons (Fsp3) is 0.176. The Morgan fingerprint density at radius 3 is 2.59 bits per heavy atom. The van der Waals surface area contributed by atoms with E-state index in [1.54, 1.807) is 37.3 Å². The fourth-order valence-electron chi connectivity index (χ4n) is 2.08. The number of hydrogen-bond acceptors (Lipinski definition) is 2. The van der Waals surface area contributed by atoms with Crippen molar-refractivity contribution in [3.8, 4) is 0 Å². The molecule has 0 saturated heterocycles. The van der Waals surface area contributed by atoms with Gasteiger partial charge in [0.05, 0.1) is 5.56 Å². The maximum atomic E-state index is 13.6. The predicted molar refractivity (Wildman–Crippen MR) is 81.3 cm³/mol. The second-order valence-corrected chi connectivity index (χ2v) is 5.07. The molecule has 0 aromatic heterocycles. The normalized spacial score (nSPS) is 11.7. The molecule has 2 aromatic rings. The van der Waals surface area contributed by atoms with Crippen LogP contribution in [0, 0.1) is 11.7 Å². The molecule has 5 heteroatoms. The third-order valence-corrected chi connectivity index (χ3v) is 3.31. The third-order valence-electron chi connectivity index (χ3n) is 3.31. The molecule has 2 aromatic carbocycles. The Hall–Kier alpha value is -2.69. The summed E-state index contributed by atoms with van der Waals surface area (Å²) in [5.41, 5.74) is 0.981. The van der Waals surface area contributed by atoms with Crippen LogP contribution in [0.5, 0.6) is 0 Å². The minimum absolute atomic E-state index is 0.0968. The second kappa shape index (κ2) is 6.85. The summed E-state index contributed by atoms with van der Waals surface area (Å²) in [7, 11) is 0. The number of aromatic carboxylic acids is 1. The van der Waals surface area contributed by atoms with Crippen LogP contribution >= 0.6 is 0 Å². The Morgan fingerprint density at radius 1 is 1.18 bits per heavy atom. The lowest BCUT2D eigenvalue weighted by atomic mass is 10.00. The van der Waals surface area contributed by atoms with E-state index in [2.05, 4.69) is 5.32 Å². The zero-order valence-corrected chi connectivity index (χ0v) is 12.0. The van der Waals surface area contributed by atoms with Gasteiger partial charge in [-0.2, -0.15) is 0 Å². The molecule has 2 N–H and O–H groups in total. The molecule has 1 amide bonds. The van der Waals surface area contributed by atoms with Crippen LogP contribution in [0.25, 0.3) is 0 Å². The minimum atomic E-state index is -1.06. The standard InChI is InChI=1S/C17H16FNO3/c1-11(9-12-5-2-3-8-15(12)18)16(20)19-14-7-4-6-13(10-14)17(21)22/h2-8,10-11H,9H2,1H3,(H,19,20)(H,21,22). The molecule has 0 saturated carbocycles. The quantitative estimate of drug-likeness (QED) is 0.890. The van der Waals surface area contributed by atoms with Crippen molar-refractivity contribution in [2.45, 2.75) is 13.3 Å². The van der Waals surface area contributed by atoms with E-state index in [-0.39, 0.29) is 23.7 Å². The van der Waals surface area contributed by atoms with Crippen molar-refractivity contribution in [3.05, 3.63) is 65.5 Å². The summed E-state index contributed by atoms with van der Waals surface area (Å²) >= 11 is 0. The summed E-state index contributed by atoms with van der Waals surface area (Å²) in [5.74, 6) is -2.12. The summed E-state index contributed by atoms with van der Waals surface area (Å²) in [4.78, 5) is 23.0. The molecular weight excluding hydrogens is 285 g/mol. The molecule has 1 atom stereocenters. The van der Waals surface area contributed by atoms with Gasteiger partial charge in [0.2, 0.25) is 5.91 Å². The molecule has 0 spiro atoms. The van der Waals surface area contributed by atoms with Gasteiger partial charge in [-0.1, -0.05) is 31.2 Å². The lowest BCUT2D eigenvalue weighted by Gasteiger charge is -2.13. The second-order valence-electron chi connectivity index (χ2n) is 5.07. The maximum absolute atomic E-state index is 13.6. The number of rotatable bonds is 5.